The zero-order valence-electron chi connectivity index (χ0n) is 16.8. The lowest BCUT2D eigenvalue weighted by Gasteiger charge is -2.18. The van der Waals surface area contributed by atoms with Crippen LogP contribution < -0.4 is 10.9 Å². The zero-order chi connectivity index (χ0) is 20.5. The maximum Gasteiger partial charge on any atom is 0.291 e. The van der Waals surface area contributed by atoms with Gasteiger partial charge >= 0.3 is 0 Å². The van der Waals surface area contributed by atoms with Crippen LogP contribution in [0, 0.1) is 6.92 Å². The molecule has 3 heterocycles. The van der Waals surface area contributed by atoms with Crippen LogP contribution in [0.15, 0.2) is 51.9 Å². The molecular formula is C22H24N4O3. The van der Waals surface area contributed by atoms with Gasteiger partial charge in [-0.3, -0.25) is 14.0 Å². The summed E-state index contributed by atoms with van der Waals surface area (Å²) in [5.41, 5.74) is 3.83. The van der Waals surface area contributed by atoms with Crippen LogP contribution in [0.25, 0.3) is 16.6 Å². The summed E-state index contributed by atoms with van der Waals surface area (Å²) in [5.74, 6) is 0.401. The molecule has 0 saturated carbocycles. The van der Waals surface area contributed by atoms with Gasteiger partial charge in [0.15, 0.2) is 5.58 Å². The summed E-state index contributed by atoms with van der Waals surface area (Å²) >= 11 is 0. The molecule has 4 rings (SSSR count). The third kappa shape index (κ3) is 3.33. The number of carbonyl (C=O) groups excluding carboxylic acids is 1. The summed E-state index contributed by atoms with van der Waals surface area (Å²) < 4.78 is 8.47. The third-order valence-electron chi connectivity index (χ3n) is 5.31. The van der Waals surface area contributed by atoms with Crippen LogP contribution in [0.3, 0.4) is 0 Å². The Morgan fingerprint density at radius 3 is 2.55 bits per heavy atom. The van der Waals surface area contributed by atoms with Crippen molar-refractivity contribution in [2.24, 2.45) is 0 Å². The number of hydrogen-bond acceptors (Lipinski definition) is 4. The number of benzene rings is 1. The SMILES string of the molecule is CCc1ccc(CNC(=O)[C@H](CC)n2nc(C)n3c(cc4occc43)c2=O)cc1. The number of aromatic nitrogens is 3. The van der Waals surface area contributed by atoms with Crippen molar-refractivity contribution in [2.45, 2.75) is 46.2 Å². The molecule has 29 heavy (non-hydrogen) atoms. The van der Waals surface area contributed by atoms with Crippen molar-refractivity contribution in [3.05, 3.63) is 70.0 Å². The minimum Gasteiger partial charge on any atom is -0.463 e. The monoisotopic (exact) mass is 392 g/mol. The molecule has 1 amide bonds. The molecule has 0 unspecified atom stereocenters. The summed E-state index contributed by atoms with van der Waals surface area (Å²) in [7, 11) is 0. The lowest BCUT2D eigenvalue weighted by molar-refractivity contribution is -0.125. The molecule has 0 fully saturated rings. The normalized spacial score (nSPS) is 12.5. The molecule has 0 bridgehead atoms. The Morgan fingerprint density at radius 2 is 1.86 bits per heavy atom. The molecule has 0 spiro atoms. The van der Waals surface area contributed by atoms with Crippen LogP contribution in [0.1, 0.15) is 43.3 Å². The van der Waals surface area contributed by atoms with E-state index in [-0.39, 0.29) is 11.5 Å². The molecular weight excluding hydrogens is 368 g/mol. The van der Waals surface area contributed by atoms with E-state index in [9.17, 15) is 9.59 Å². The Morgan fingerprint density at radius 1 is 1.14 bits per heavy atom. The number of carbonyl (C=O) groups is 1. The second kappa shape index (κ2) is 7.58. The molecule has 1 aromatic carbocycles. The maximum absolute atomic E-state index is 13.1. The minimum absolute atomic E-state index is 0.222. The number of furan rings is 1. The molecule has 7 heteroatoms. The van der Waals surface area contributed by atoms with Crippen LogP contribution in [0.4, 0.5) is 0 Å². The van der Waals surface area contributed by atoms with Crippen molar-refractivity contribution < 1.29 is 9.21 Å². The van der Waals surface area contributed by atoms with Gasteiger partial charge in [0, 0.05) is 18.7 Å². The van der Waals surface area contributed by atoms with E-state index < -0.39 is 6.04 Å². The van der Waals surface area contributed by atoms with Gasteiger partial charge in [0.2, 0.25) is 5.91 Å². The number of hydrogen-bond donors (Lipinski definition) is 1. The topological polar surface area (TPSA) is 81.5 Å². The summed E-state index contributed by atoms with van der Waals surface area (Å²) in [6.07, 6.45) is 3.02. The van der Waals surface area contributed by atoms with Crippen LogP contribution in [-0.4, -0.2) is 20.1 Å². The van der Waals surface area contributed by atoms with E-state index in [1.54, 1.807) is 22.8 Å². The van der Waals surface area contributed by atoms with E-state index in [1.165, 1.54) is 10.2 Å². The number of aryl methyl sites for hydroxylation is 2. The highest BCUT2D eigenvalue weighted by Gasteiger charge is 2.23. The second-order valence-electron chi connectivity index (χ2n) is 7.14. The third-order valence-corrected chi connectivity index (χ3v) is 5.31. The molecule has 150 valence electrons. The van der Waals surface area contributed by atoms with E-state index in [4.69, 9.17) is 4.42 Å². The Hall–Kier alpha value is -3.35. The van der Waals surface area contributed by atoms with E-state index in [0.29, 0.717) is 29.9 Å². The number of fused-ring (bicyclic) bond motifs is 3. The predicted octanol–water partition coefficient (Wildman–Crippen LogP) is 3.38. The summed E-state index contributed by atoms with van der Waals surface area (Å²) in [5, 5.41) is 7.38. The fraction of sp³-hybridized carbons (Fsp3) is 0.318. The van der Waals surface area contributed by atoms with Crippen molar-refractivity contribution in [2.75, 3.05) is 0 Å². The van der Waals surface area contributed by atoms with Crippen molar-refractivity contribution in [3.8, 4) is 0 Å². The fourth-order valence-corrected chi connectivity index (χ4v) is 3.68. The standard InChI is InChI=1S/C22H24N4O3/c1-4-15-6-8-16(9-7-15)13-23-21(27)17(5-2)26-22(28)19-12-20-18(10-11-29-20)25(19)14(3)24-26/h6-12,17H,4-5,13H2,1-3H3,(H,23,27)/t17-/m0/s1. The molecule has 0 aliphatic rings. The molecule has 1 N–H and O–H groups in total. The van der Waals surface area contributed by atoms with Gasteiger partial charge in [-0.05, 0) is 30.9 Å². The predicted molar refractivity (Wildman–Crippen MR) is 111 cm³/mol. The lowest BCUT2D eigenvalue weighted by Crippen LogP contribution is -2.39. The molecule has 0 aliphatic heterocycles. The average molecular weight is 392 g/mol. The van der Waals surface area contributed by atoms with E-state index >= 15 is 0 Å². The van der Waals surface area contributed by atoms with Crippen LogP contribution >= 0.6 is 0 Å². The number of rotatable bonds is 6. The molecule has 7 nitrogen and oxygen atoms in total. The zero-order valence-corrected chi connectivity index (χ0v) is 16.8. The highest BCUT2D eigenvalue weighted by atomic mass is 16.3. The number of nitrogens with one attached hydrogen (secondary N) is 1. The van der Waals surface area contributed by atoms with Crippen LogP contribution in [0.2, 0.25) is 0 Å². The van der Waals surface area contributed by atoms with Gasteiger partial charge < -0.3 is 9.73 Å². The summed E-state index contributed by atoms with van der Waals surface area (Å²) in [4.78, 5) is 25.9. The summed E-state index contributed by atoms with van der Waals surface area (Å²) in [6.45, 7) is 6.20. The average Bonchev–Trinajstić information content (AvgIpc) is 3.32. The van der Waals surface area contributed by atoms with E-state index in [2.05, 4.69) is 29.5 Å². The van der Waals surface area contributed by atoms with Crippen molar-refractivity contribution in [1.82, 2.24) is 19.5 Å². The highest BCUT2D eigenvalue weighted by Crippen LogP contribution is 2.21. The maximum atomic E-state index is 13.1. The first-order valence-corrected chi connectivity index (χ1v) is 9.87. The first-order chi connectivity index (χ1) is 14.0. The molecule has 4 aromatic rings. The Kier molecular flexibility index (Phi) is 4.96. The van der Waals surface area contributed by atoms with Gasteiger partial charge in [-0.2, -0.15) is 5.10 Å². The second-order valence-corrected chi connectivity index (χ2v) is 7.14. The Labute approximate surface area is 167 Å². The largest absolute Gasteiger partial charge is 0.463 e. The smallest absolute Gasteiger partial charge is 0.291 e. The van der Waals surface area contributed by atoms with Crippen molar-refractivity contribution in [3.63, 3.8) is 0 Å². The fourth-order valence-electron chi connectivity index (χ4n) is 3.68. The van der Waals surface area contributed by atoms with Gasteiger partial charge in [-0.15, -0.1) is 0 Å². The highest BCUT2D eigenvalue weighted by molar-refractivity contribution is 5.83. The van der Waals surface area contributed by atoms with Gasteiger partial charge in [0.1, 0.15) is 17.4 Å². The van der Waals surface area contributed by atoms with E-state index in [0.717, 1.165) is 17.5 Å². The Bertz CT molecular complexity index is 1230. The number of nitrogens with zero attached hydrogens (tertiary/aromatic N) is 3. The van der Waals surface area contributed by atoms with Crippen LogP contribution in [0.5, 0.6) is 0 Å². The van der Waals surface area contributed by atoms with Gasteiger partial charge in [-0.25, -0.2) is 4.68 Å². The first-order valence-electron chi connectivity index (χ1n) is 9.87. The van der Waals surface area contributed by atoms with Crippen LogP contribution in [-0.2, 0) is 17.8 Å². The molecule has 0 saturated heterocycles. The molecule has 3 aromatic heterocycles. The minimum atomic E-state index is -0.678. The lowest BCUT2D eigenvalue weighted by atomic mass is 10.1. The van der Waals surface area contributed by atoms with Crippen molar-refractivity contribution >= 4 is 22.5 Å². The van der Waals surface area contributed by atoms with Gasteiger partial charge in [0.25, 0.3) is 5.56 Å². The molecule has 0 aliphatic carbocycles. The summed E-state index contributed by atoms with van der Waals surface area (Å²) in [6, 6.07) is 11.0. The molecule has 1 atom stereocenters. The van der Waals surface area contributed by atoms with Gasteiger partial charge in [0.05, 0.1) is 11.8 Å². The first kappa shape index (κ1) is 19.0. The van der Waals surface area contributed by atoms with Crippen molar-refractivity contribution in [1.29, 1.82) is 0 Å². The molecule has 0 radical (unpaired) electrons. The quantitative estimate of drug-likeness (QED) is 0.545. The Balaban J connectivity index is 1.62. The number of amides is 1. The van der Waals surface area contributed by atoms with Gasteiger partial charge in [-0.1, -0.05) is 38.1 Å². The van der Waals surface area contributed by atoms with E-state index in [1.807, 2.05) is 26.0 Å².